The maximum Gasteiger partial charge on any atom is 0.339 e. The molecule has 0 aliphatic heterocycles. The highest BCUT2D eigenvalue weighted by Gasteiger charge is 2.18. The second-order valence-electron chi connectivity index (χ2n) is 4.88. The van der Waals surface area contributed by atoms with Crippen molar-refractivity contribution in [2.75, 3.05) is 20.3 Å². The lowest BCUT2D eigenvalue weighted by Gasteiger charge is -2.11. The summed E-state index contributed by atoms with van der Waals surface area (Å²) in [6, 6.07) is 8.63. The standard InChI is InChI=1S/C16H14Cl3NO5S/c1-20-26(22,23)10-5-6-12(17)11(9-10)16(21)25-8-7-24-15-13(18)3-2-4-14(15)19/h2-6,9,20H,7-8H2,1H3. The number of carbonyl (C=O) groups excluding carboxylic acids is 1. The molecule has 0 aliphatic carbocycles. The first kappa shape index (κ1) is 20.8. The monoisotopic (exact) mass is 437 g/mol. The third-order valence-corrected chi connectivity index (χ3v) is 5.56. The van der Waals surface area contributed by atoms with Gasteiger partial charge in [-0.3, -0.25) is 0 Å². The normalized spacial score (nSPS) is 11.2. The summed E-state index contributed by atoms with van der Waals surface area (Å²) < 4.78 is 36.3. The Labute approximate surface area is 166 Å². The average molecular weight is 439 g/mol. The largest absolute Gasteiger partial charge is 0.487 e. The number of halogens is 3. The van der Waals surface area contributed by atoms with Gasteiger partial charge in [0.15, 0.2) is 5.75 Å². The van der Waals surface area contributed by atoms with Crippen LogP contribution in [0.5, 0.6) is 5.75 Å². The summed E-state index contributed by atoms with van der Waals surface area (Å²) in [6.07, 6.45) is 0. The van der Waals surface area contributed by atoms with Gasteiger partial charge in [0, 0.05) is 0 Å². The molecule has 0 saturated carbocycles. The van der Waals surface area contributed by atoms with Crippen LogP contribution in [0.25, 0.3) is 0 Å². The summed E-state index contributed by atoms with van der Waals surface area (Å²) in [4.78, 5) is 12.0. The number of esters is 1. The highest BCUT2D eigenvalue weighted by Crippen LogP contribution is 2.32. The molecule has 0 heterocycles. The number of rotatable bonds is 7. The van der Waals surface area contributed by atoms with Crippen LogP contribution in [-0.4, -0.2) is 34.6 Å². The number of carbonyl (C=O) groups is 1. The van der Waals surface area contributed by atoms with E-state index in [1.54, 1.807) is 18.2 Å². The molecule has 2 aromatic rings. The molecule has 140 valence electrons. The van der Waals surface area contributed by atoms with E-state index in [1.807, 2.05) is 0 Å². The summed E-state index contributed by atoms with van der Waals surface area (Å²) in [6.45, 7) is -0.110. The SMILES string of the molecule is CNS(=O)(=O)c1ccc(Cl)c(C(=O)OCCOc2c(Cl)cccc2Cl)c1. The number of ether oxygens (including phenoxy) is 2. The number of hydrogen-bond donors (Lipinski definition) is 1. The summed E-state index contributed by atoms with van der Waals surface area (Å²) in [7, 11) is -2.45. The Morgan fingerprint density at radius 3 is 2.31 bits per heavy atom. The molecule has 0 saturated heterocycles. The Balaban J connectivity index is 2.01. The summed E-state index contributed by atoms with van der Waals surface area (Å²) >= 11 is 17.9. The first-order valence-electron chi connectivity index (χ1n) is 7.23. The molecule has 0 radical (unpaired) electrons. The van der Waals surface area contributed by atoms with Crippen molar-refractivity contribution in [1.82, 2.24) is 4.72 Å². The van der Waals surface area contributed by atoms with Crippen molar-refractivity contribution in [3.05, 3.63) is 57.0 Å². The van der Waals surface area contributed by atoms with E-state index < -0.39 is 16.0 Å². The average Bonchev–Trinajstić information content (AvgIpc) is 2.60. The maximum atomic E-state index is 12.1. The fourth-order valence-corrected chi connectivity index (χ4v) is 3.38. The van der Waals surface area contributed by atoms with E-state index in [0.717, 1.165) is 6.07 Å². The predicted octanol–water partition coefficient (Wildman–Crippen LogP) is 3.79. The van der Waals surface area contributed by atoms with Gasteiger partial charge in [0.1, 0.15) is 13.2 Å². The van der Waals surface area contributed by atoms with Crippen LogP contribution in [0.3, 0.4) is 0 Å². The Hall–Kier alpha value is -1.51. The summed E-state index contributed by atoms with van der Waals surface area (Å²) in [5.74, 6) is -0.496. The molecule has 2 rings (SSSR count). The van der Waals surface area contributed by atoms with E-state index >= 15 is 0 Å². The van der Waals surface area contributed by atoms with Crippen LogP contribution in [0.4, 0.5) is 0 Å². The van der Waals surface area contributed by atoms with Gasteiger partial charge in [0.25, 0.3) is 0 Å². The number of benzene rings is 2. The molecule has 2 aromatic carbocycles. The Kier molecular flexibility index (Phi) is 7.14. The van der Waals surface area contributed by atoms with E-state index in [0.29, 0.717) is 10.0 Å². The van der Waals surface area contributed by atoms with Crippen molar-refractivity contribution in [3.8, 4) is 5.75 Å². The molecule has 1 N–H and O–H groups in total. The lowest BCUT2D eigenvalue weighted by Crippen LogP contribution is -2.19. The van der Waals surface area contributed by atoms with Crippen molar-refractivity contribution < 1.29 is 22.7 Å². The first-order valence-corrected chi connectivity index (χ1v) is 9.85. The highest BCUT2D eigenvalue weighted by molar-refractivity contribution is 7.89. The molecule has 0 atom stereocenters. The molecule has 0 unspecified atom stereocenters. The third kappa shape index (κ3) is 5.02. The number of hydrogen-bond acceptors (Lipinski definition) is 5. The Morgan fingerprint density at radius 2 is 1.69 bits per heavy atom. The van der Waals surface area contributed by atoms with Crippen molar-refractivity contribution >= 4 is 50.8 Å². The lowest BCUT2D eigenvalue weighted by molar-refractivity contribution is 0.0450. The maximum absolute atomic E-state index is 12.1. The molecule has 0 spiro atoms. The van der Waals surface area contributed by atoms with Gasteiger partial charge < -0.3 is 9.47 Å². The molecular formula is C16H14Cl3NO5S. The van der Waals surface area contributed by atoms with Gasteiger partial charge in [-0.15, -0.1) is 0 Å². The zero-order valence-electron chi connectivity index (χ0n) is 13.5. The zero-order valence-corrected chi connectivity index (χ0v) is 16.5. The molecule has 10 heteroatoms. The molecule has 0 aliphatic rings. The van der Waals surface area contributed by atoms with Gasteiger partial charge in [0.05, 0.1) is 25.5 Å². The minimum atomic E-state index is -3.71. The van der Waals surface area contributed by atoms with Crippen molar-refractivity contribution in [2.45, 2.75) is 4.90 Å². The van der Waals surface area contributed by atoms with Crippen LogP contribution in [0.15, 0.2) is 41.3 Å². The molecular weight excluding hydrogens is 425 g/mol. The predicted molar refractivity (Wildman–Crippen MR) is 99.9 cm³/mol. The van der Waals surface area contributed by atoms with Crippen LogP contribution >= 0.6 is 34.8 Å². The first-order chi connectivity index (χ1) is 12.3. The molecule has 6 nitrogen and oxygen atoms in total. The van der Waals surface area contributed by atoms with Gasteiger partial charge >= 0.3 is 5.97 Å². The van der Waals surface area contributed by atoms with Crippen LogP contribution in [0, 0.1) is 0 Å². The van der Waals surface area contributed by atoms with Crippen LogP contribution in [-0.2, 0) is 14.8 Å². The topological polar surface area (TPSA) is 81.7 Å². The summed E-state index contributed by atoms with van der Waals surface area (Å²) in [5, 5.41) is 0.730. The second-order valence-corrected chi connectivity index (χ2v) is 7.99. The van der Waals surface area contributed by atoms with Crippen LogP contribution in [0.1, 0.15) is 10.4 Å². The fourth-order valence-electron chi connectivity index (χ4n) is 1.92. The minimum absolute atomic E-state index is 0.00131. The van der Waals surface area contributed by atoms with Crippen LogP contribution in [0.2, 0.25) is 15.1 Å². The number of nitrogens with one attached hydrogen (secondary N) is 1. The Morgan fingerprint density at radius 1 is 1.04 bits per heavy atom. The molecule has 0 amide bonds. The smallest absolute Gasteiger partial charge is 0.339 e. The summed E-state index contributed by atoms with van der Waals surface area (Å²) in [5.41, 5.74) is -0.0706. The van der Waals surface area contributed by atoms with E-state index in [-0.39, 0.29) is 34.4 Å². The zero-order chi connectivity index (χ0) is 19.3. The quantitative estimate of drug-likeness (QED) is 0.525. The number of sulfonamides is 1. The van der Waals surface area contributed by atoms with Gasteiger partial charge in [0.2, 0.25) is 10.0 Å². The fraction of sp³-hybridized carbons (Fsp3) is 0.188. The van der Waals surface area contributed by atoms with Gasteiger partial charge in [-0.25, -0.2) is 17.9 Å². The van der Waals surface area contributed by atoms with Gasteiger partial charge in [-0.1, -0.05) is 40.9 Å². The van der Waals surface area contributed by atoms with Gasteiger partial charge in [-0.2, -0.15) is 0 Å². The van der Waals surface area contributed by atoms with Crippen molar-refractivity contribution in [2.24, 2.45) is 0 Å². The van der Waals surface area contributed by atoms with Crippen molar-refractivity contribution in [3.63, 3.8) is 0 Å². The molecule has 0 fully saturated rings. The number of para-hydroxylation sites is 1. The van der Waals surface area contributed by atoms with E-state index in [1.165, 1.54) is 19.2 Å². The molecule has 0 aromatic heterocycles. The molecule has 26 heavy (non-hydrogen) atoms. The van der Waals surface area contributed by atoms with E-state index in [9.17, 15) is 13.2 Å². The lowest BCUT2D eigenvalue weighted by atomic mass is 10.2. The Bertz CT molecular complexity index is 898. The highest BCUT2D eigenvalue weighted by atomic mass is 35.5. The third-order valence-electron chi connectivity index (χ3n) is 3.22. The second kappa shape index (κ2) is 8.92. The molecule has 0 bridgehead atoms. The minimum Gasteiger partial charge on any atom is -0.487 e. The van der Waals surface area contributed by atoms with E-state index in [2.05, 4.69) is 4.72 Å². The van der Waals surface area contributed by atoms with Gasteiger partial charge in [-0.05, 0) is 37.4 Å². The van der Waals surface area contributed by atoms with Crippen molar-refractivity contribution in [1.29, 1.82) is 0 Å². The van der Waals surface area contributed by atoms with Crippen LogP contribution < -0.4 is 9.46 Å². The van der Waals surface area contributed by atoms with E-state index in [4.69, 9.17) is 44.3 Å².